The Kier molecular flexibility index (Phi) is 53.7. The second-order valence-electron chi connectivity index (χ2n) is 22.6. The molecule has 0 radical (unpaired) electrons. The Labute approximate surface area is 500 Å². The van der Waals surface area contributed by atoms with E-state index in [0.29, 0.717) is 12.8 Å². The van der Waals surface area contributed by atoms with Crippen LogP contribution in [0.25, 0.3) is 0 Å². The third-order valence-corrected chi connectivity index (χ3v) is 15.0. The quantitative estimate of drug-likeness (QED) is 0.0149. The smallest absolute Gasteiger partial charge is 0.306 e. The number of ether oxygens (including phenoxy) is 3. The maximum absolute atomic E-state index is 13.5. The van der Waals surface area contributed by atoms with Gasteiger partial charge in [0.2, 0.25) is 5.91 Å². The third-order valence-electron chi connectivity index (χ3n) is 15.0. The summed E-state index contributed by atoms with van der Waals surface area (Å²) in [5, 5.41) is 57.1. The van der Waals surface area contributed by atoms with Crippen LogP contribution in [-0.2, 0) is 23.8 Å². The number of carbonyl (C=O) groups is 2. The van der Waals surface area contributed by atoms with E-state index in [-0.39, 0.29) is 19.4 Å². The van der Waals surface area contributed by atoms with Crippen molar-refractivity contribution in [2.24, 2.45) is 0 Å². The molecule has 0 bridgehead atoms. The van der Waals surface area contributed by atoms with Crippen molar-refractivity contribution in [2.45, 2.75) is 314 Å². The van der Waals surface area contributed by atoms with Gasteiger partial charge in [-0.1, -0.05) is 284 Å². The predicted molar refractivity (Wildman–Crippen MR) is 342 cm³/mol. The zero-order valence-corrected chi connectivity index (χ0v) is 52.1. The predicted octanol–water partition coefficient (Wildman–Crippen LogP) is 16.4. The van der Waals surface area contributed by atoms with Crippen molar-refractivity contribution in [3.8, 4) is 0 Å². The van der Waals surface area contributed by atoms with Crippen molar-refractivity contribution in [3.63, 3.8) is 0 Å². The average molecular weight is 1150 g/mol. The lowest BCUT2D eigenvalue weighted by molar-refractivity contribution is -0.305. The first-order chi connectivity index (χ1) is 40.2. The van der Waals surface area contributed by atoms with Crippen LogP contribution < -0.4 is 5.32 Å². The molecule has 0 saturated carbocycles. The van der Waals surface area contributed by atoms with E-state index in [2.05, 4.69) is 74.7 Å². The van der Waals surface area contributed by atoms with Crippen molar-refractivity contribution in [2.75, 3.05) is 13.2 Å². The van der Waals surface area contributed by atoms with Crippen molar-refractivity contribution < 1.29 is 49.3 Å². The number of nitrogens with one attached hydrogen (secondary N) is 1. The molecule has 1 amide bonds. The van der Waals surface area contributed by atoms with Gasteiger partial charge in [-0.05, 0) is 83.5 Å². The monoisotopic (exact) mass is 1150 g/mol. The molecule has 8 unspecified atom stereocenters. The summed E-state index contributed by atoms with van der Waals surface area (Å²) in [7, 11) is 0. The lowest BCUT2D eigenvalue weighted by Crippen LogP contribution is -2.61. The molecule has 0 aromatic heterocycles. The standard InChI is InChI=1S/C71H121NO10/c1-4-7-10-13-16-19-22-25-27-28-29-30-31-32-33-34-35-36-37-39-40-43-46-49-52-55-58-64(75)70(79)72-62(63(74)57-54-51-48-45-42-24-21-18-15-12-9-6-3)61-80-71-69(68(78)67(77)65(60-73)81-71)82-66(76)59-56-53-50-47-44-41-38-26-23-20-17-14-11-8-5-2/h8,11,14,16-17,19-20,23,25-27,29-30,38,41,44,54,57,62-65,67-69,71,73-75,77-78H,4-7,9-10,12-13,15,18,21-22,24,28,31-37,39-40,42-43,45-53,55-56,58-61H2,1-3H3,(H,72,79)/b11-8+,17-14+,19-16-,23-20-,27-25-,30-29-,38-26-,44-41+,57-54+. The summed E-state index contributed by atoms with van der Waals surface area (Å²) in [5.74, 6) is -1.24. The minimum Gasteiger partial charge on any atom is -0.454 e. The normalized spacial score (nSPS) is 19.3. The fraction of sp³-hybridized carbons (Fsp3) is 0.718. The average Bonchev–Trinajstić information content (AvgIpc) is 3.44. The third kappa shape index (κ3) is 44.8. The van der Waals surface area contributed by atoms with Crippen LogP contribution in [0, 0.1) is 0 Å². The van der Waals surface area contributed by atoms with E-state index in [4.69, 9.17) is 14.2 Å². The molecule has 1 rings (SSSR count). The number of unbranched alkanes of at least 4 members (excludes halogenated alkanes) is 29. The molecule has 1 aliphatic heterocycles. The van der Waals surface area contributed by atoms with Gasteiger partial charge in [0.25, 0.3) is 0 Å². The van der Waals surface area contributed by atoms with Gasteiger partial charge < -0.3 is 45.1 Å². The van der Waals surface area contributed by atoms with Crippen LogP contribution in [0.15, 0.2) is 109 Å². The largest absolute Gasteiger partial charge is 0.454 e. The Morgan fingerprint density at radius 1 is 0.500 bits per heavy atom. The van der Waals surface area contributed by atoms with Gasteiger partial charge in [0.1, 0.15) is 24.4 Å². The first-order valence-corrected chi connectivity index (χ1v) is 33.2. The highest BCUT2D eigenvalue weighted by Gasteiger charge is 2.47. The van der Waals surface area contributed by atoms with Gasteiger partial charge in [0.05, 0.1) is 25.4 Å². The topological polar surface area (TPSA) is 175 Å². The van der Waals surface area contributed by atoms with Gasteiger partial charge in [0.15, 0.2) is 12.4 Å². The van der Waals surface area contributed by atoms with Crippen LogP contribution >= 0.6 is 0 Å². The lowest BCUT2D eigenvalue weighted by atomic mass is 9.99. The molecule has 1 heterocycles. The summed E-state index contributed by atoms with van der Waals surface area (Å²) >= 11 is 0. The van der Waals surface area contributed by atoms with Crippen LogP contribution in [0.3, 0.4) is 0 Å². The Hall–Kier alpha value is -3.68. The van der Waals surface area contributed by atoms with Crippen molar-refractivity contribution in [1.82, 2.24) is 5.32 Å². The Morgan fingerprint density at radius 2 is 0.927 bits per heavy atom. The molecular weight excluding hydrogens is 1030 g/mol. The second-order valence-corrected chi connectivity index (χ2v) is 22.6. The van der Waals surface area contributed by atoms with Gasteiger partial charge in [-0.3, -0.25) is 9.59 Å². The van der Waals surface area contributed by atoms with Gasteiger partial charge in [0, 0.05) is 6.42 Å². The molecule has 11 nitrogen and oxygen atoms in total. The van der Waals surface area contributed by atoms with E-state index in [1.807, 2.05) is 54.7 Å². The minimum absolute atomic E-state index is 0.0698. The first-order valence-electron chi connectivity index (χ1n) is 33.2. The van der Waals surface area contributed by atoms with Gasteiger partial charge in [-0.25, -0.2) is 0 Å². The number of carbonyl (C=O) groups excluding carboxylic acids is 2. The first kappa shape index (κ1) is 76.3. The molecule has 1 fully saturated rings. The molecule has 11 heteroatoms. The molecule has 470 valence electrons. The summed E-state index contributed by atoms with van der Waals surface area (Å²) in [5.41, 5.74) is 0. The number of amides is 1. The summed E-state index contributed by atoms with van der Waals surface area (Å²) in [6, 6.07) is -1.04. The van der Waals surface area contributed by atoms with E-state index in [0.717, 1.165) is 83.5 Å². The van der Waals surface area contributed by atoms with E-state index >= 15 is 0 Å². The fourth-order valence-electron chi connectivity index (χ4n) is 9.80. The molecule has 0 aromatic rings. The maximum atomic E-state index is 13.5. The van der Waals surface area contributed by atoms with E-state index < -0.39 is 67.4 Å². The Bertz CT molecular complexity index is 1750. The molecule has 0 spiro atoms. The molecule has 0 aliphatic carbocycles. The van der Waals surface area contributed by atoms with Crippen molar-refractivity contribution in [1.29, 1.82) is 0 Å². The summed E-state index contributed by atoms with van der Waals surface area (Å²) < 4.78 is 17.6. The van der Waals surface area contributed by atoms with Gasteiger partial charge in [-0.2, -0.15) is 0 Å². The number of hydrogen-bond acceptors (Lipinski definition) is 10. The summed E-state index contributed by atoms with van der Waals surface area (Å²) in [6.07, 6.45) is 68.5. The SMILES string of the molecule is CC/C=C/C=C/C=C\C=C/C=C/CCCCCC(=O)OC1C(OCC(NC(=O)C(O)CCCCCCCCCCCCCCC/C=C\C/C=C\C/C=C\CCCCC)C(O)/C=C/CCCCCCCCCCCC)OC(CO)C(O)C1O. The molecule has 1 saturated heterocycles. The molecular formula is C71H121NO10. The Balaban J connectivity index is 2.61. The second kappa shape index (κ2) is 57.7. The van der Waals surface area contributed by atoms with Crippen LogP contribution in [0.1, 0.15) is 265 Å². The summed E-state index contributed by atoms with van der Waals surface area (Å²) in [6.45, 7) is 5.59. The number of rotatable bonds is 55. The molecule has 8 atom stereocenters. The highest BCUT2D eigenvalue weighted by Crippen LogP contribution is 2.26. The van der Waals surface area contributed by atoms with Crippen LogP contribution in [0.5, 0.6) is 0 Å². The number of allylic oxidation sites excluding steroid dienone is 17. The zero-order chi connectivity index (χ0) is 59.6. The van der Waals surface area contributed by atoms with Crippen molar-refractivity contribution >= 4 is 11.9 Å². The molecule has 0 aromatic carbocycles. The summed E-state index contributed by atoms with van der Waals surface area (Å²) in [4.78, 5) is 26.6. The lowest BCUT2D eigenvalue weighted by Gasteiger charge is -2.41. The maximum Gasteiger partial charge on any atom is 0.306 e. The minimum atomic E-state index is -1.64. The molecule has 1 aliphatic rings. The van der Waals surface area contributed by atoms with Gasteiger partial charge >= 0.3 is 5.97 Å². The number of aliphatic hydroxyl groups excluding tert-OH is 5. The zero-order valence-electron chi connectivity index (χ0n) is 52.1. The molecule has 6 N–H and O–H groups in total. The van der Waals surface area contributed by atoms with E-state index in [1.165, 1.54) is 135 Å². The fourth-order valence-corrected chi connectivity index (χ4v) is 9.80. The van der Waals surface area contributed by atoms with E-state index in [1.54, 1.807) is 6.08 Å². The number of hydrogen-bond donors (Lipinski definition) is 6. The molecule has 82 heavy (non-hydrogen) atoms. The van der Waals surface area contributed by atoms with Crippen LogP contribution in [0.4, 0.5) is 0 Å². The number of aliphatic hydroxyl groups is 5. The van der Waals surface area contributed by atoms with E-state index in [9.17, 15) is 35.1 Å². The van der Waals surface area contributed by atoms with Crippen LogP contribution in [0.2, 0.25) is 0 Å². The van der Waals surface area contributed by atoms with Crippen molar-refractivity contribution in [3.05, 3.63) is 109 Å². The van der Waals surface area contributed by atoms with Gasteiger partial charge in [-0.15, -0.1) is 0 Å². The van der Waals surface area contributed by atoms with Crippen LogP contribution in [-0.4, -0.2) is 99.6 Å². The highest BCUT2D eigenvalue weighted by atomic mass is 16.7. The Morgan fingerprint density at radius 3 is 1.45 bits per heavy atom. The highest BCUT2D eigenvalue weighted by molar-refractivity contribution is 5.80. The number of esters is 1.